The first-order valence-electron chi connectivity index (χ1n) is 7.98. The number of halogens is 1. The average Bonchev–Trinajstić information content (AvgIpc) is 2.59. The first-order chi connectivity index (χ1) is 11.6. The standard InChI is InChI=1S/C19H22ClNO2S/c1-3-18(24-17-10-6-15(20)7-11-17)19(22)21-12-13-23-16-8-4-14(2)5-9-16/h4-11,18H,3,12-13H2,1-2H3,(H,21,22)/t18-/m0/s1. The number of hydrogen-bond donors (Lipinski definition) is 1. The Morgan fingerprint density at radius 3 is 2.46 bits per heavy atom. The van der Waals surface area contributed by atoms with Crippen LogP contribution in [0.4, 0.5) is 0 Å². The number of hydrogen-bond acceptors (Lipinski definition) is 3. The predicted octanol–water partition coefficient (Wildman–Crippen LogP) is 4.71. The van der Waals surface area contributed by atoms with Crippen LogP contribution in [0.25, 0.3) is 0 Å². The number of aryl methyl sites for hydroxylation is 1. The summed E-state index contributed by atoms with van der Waals surface area (Å²) in [7, 11) is 0. The highest BCUT2D eigenvalue weighted by molar-refractivity contribution is 8.00. The molecule has 0 heterocycles. The molecule has 1 atom stereocenters. The van der Waals surface area contributed by atoms with E-state index in [2.05, 4.69) is 5.32 Å². The molecule has 0 fully saturated rings. The van der Waals surface area contributed by atoms with E-state index in [-0.39, 0.29) is 11.2 Å². The molecule has 0 aromatic heterocycles. The maximum absolute atomic E-state index is 12.3. The van der Waals surface area contributed by atoms with E-state index < -0.39 is 0 Å². The number of amides is 1. The van der Waals surface area contributed by atoms with E-state index in [9.17, 15) is 4.79 Å². The number of rotatable bonds is 8. The van der Waals surface area contributed by atoms with Crippen LogP contribution in [0, 0.1) is 6.92 Å². The van der Waals surface area contributed by atoms with Crippen LogP contribution in [0.1, 0.15) is 18.9 Å². The van der Waals surface area contributed by atoms with E-state index in [1.807, 2.05) is 62.4 Å². The predicted molar refractivity (Wildman–Crippen MR) is 101 cm³/mol. The van der Waals surface area contributed by atoms with Crippen molar-refractivity contribution in [2.45, 2.75) is 30.4 Å². The third-order valence-electron chi connectivity index (χ3n) is 3.45. The van der Waals surface area contributed by atoms with Crippen LogP contribution >= 0.6 is 23.4 Å². The summed E-state index contributed by atoms with van der Waals surface area (Å²) < 4.78 is 5.62. The van der Waals surface area contributed by atoms with Gasteiger partial charge in [0.15, 0.2) is 0 Å². The summed E-state index contributed by atoms with van der Waals surface area (Å²) in [5, 5.41) is 3.52. The smallest absolute Gasteiger partial charge is 0.233 e. The summed E-state index contributed by atoms with van der Waals surface area (Å²) in [4.78, 5) is 13.3. The van der Waals surface area contributed by atoms with Crippen LogP contribution in [-0.2, 0) is 4.79 Å². The second-order valence-corrected chi connectivity index (χ2v) is 7.13. The summed E-state index contributed by atoms with van der Waals surface area (Å²) in [6.45, 7) is 4.99. The lowest BCUT2D eigenvalue weighted by Crippen LogP contribution is -2.35. The van der Waals surface area contributed by atoms with Crippen molar-refractivity contribution in [1.82, 2.24) is 5.32 Å². The Kier molecular flexibility index (Phi) is 7.47. The highest BCUT2D eigenvalue weighted by Crippen LogP contribution is 2.26. The Morgan fingerprint density at radius 2 is 1.83 bits per heavy atom. The molecule has 0 spiro atoms. The fourth-order valence-electron chi connectivity index (χ4n) is 2.09. The number of thioether (sulfide) groups is 1. The molecule has 24 heavy (non-hydrogen) atoms. The molecule has 0 unspecified atom stereocenters. The van der Waals surface area contributed by atoms with Crippen molar-refractivity contribution >= 4 is 29.3 Å². The quantitative estimate of drug-likeness (QED) is 0.545. The fourth-order valence-corrected chi connectivity index (χ4v) is 3.20. The Morgan fingerprint density at radius 1 is 1.17 bits per heavy atom. The largest absolute Gasteiger partial charge is 0.492 e. The Labute approximate surface area is 152 Å². The van der Waals surface area contributed by atoms with Gasteiger partial charge in [-0.25, -0.2) is 0 Å². The summed E-state index contributed by atoms with van der Waals surface area (Å²) in [5.41, 5.74) is 1.20. The number of carbonyl (C=O) groups is 1. The van der Waals surface area contributed by atoms with Gasteiger partial charge in [-0.1, -0.05) is 36.2 Å². The minimum Gasteiger partial charge on any atom is -0.492 e. The lowest BCUT2D eigenvalue weighted by atomic mass is 10.2. The molecule has 0 aliphatic heterocycles. The zero-order valence-electron chi connectivity index (χ0n) is 13.9. The Balaban J connectivity index is 1.75. The van der Waals surface area contributed by atoms with Gasteiger partial charge in [0.2, 0.25) is 5.91 Å². The summed E-state index contributed by atoms with van der Waals surface area (Å²) in [6, 6.07) is 15.4. The molecule has 5 heteroatoms. The van der Waals surface area contributed by atoms with Crippen molar-refractivity contribution in [3.8, 4) is 5.75 Å². The first-order valence-corrected chi connectivity index (χ1v) is 9.23. The first kappa shape index (κ1) is 18.7. The lowest BCUT2D eigenvalue weighted by Gasteiger charge is -2.15. The van der Waals surface area contributed by atoms with Gasteiger partial charge in [-0.05, 0) is 49.7 Å². The van der Waals surface area contributed by atoms with E-state index in [4.69, 9.17) is 16.3 Å². The van der Waals surface area contributed by atoms with Gasteiger partial charge < -0.3 is 10.1 Å². The minimum atomic E-state index is -0.120. The molecule has 128 valence electrons. The molecule has 0 bridgehead atoms. The third kappa shape index (κ3) is 6.10. The molecule has 2 rings (SSSR count). The monoisotopic (exact) mass is 363 g/mol. The number of benzene rings is 2. The molecule has 0 saturated heterocycles. The average molecular weight is 364 g/mol. The normalized spacial score (nSPS) is 11.8. The SMILES string of the molecule is CC[C@H](Sc1ccc(Cl)cc1)C(=O)NCCOc1ccc(C)cc1. The molecule has 0 saturated carbocycles. The van der Waals surface area contributed by atoms with E-state index in [1.165, 1.54) is 5.56 Å². The van der Waals surface area contributed by atoms with Crippen molar-refractivity contribution in [3.05, 3.63) is 59.1 Å². The van der Waals surface area contributed by atoms with Crippen LogP contribution in [0.5, 0.6) is 5.75 Å². The summed E-state index contributed by atoms with van der Waals surface area (Å²) >= 11 is 7.44. The molecule has 2 aromatic rings. The van der Waals surface area contributed by atoms with E-state index in [0.29, 0.717) is 18.2 Å². The van der Waals surface area contributed by atoms with Gasteiger partial charge in [-0.3, -0.25) is 4.79 Å². The van der Waals surface area contributed by atoms with Gasteiger partial charge in [0.1, 0.15) is 12.4 Å². The van der Waals surface area contributed by atoms with Crippen LogP contribution in [0.15, 0.2) is 53.4 Å². The number of ether oxygens (including phenoxy) is 1. The number of nitrogens with one attached hydrogen (secondary N) is 1. The van der Waals surface area contributed by atoms with Gasteiger partial charge in [0.25, 0.3) is 0 Å². The molecular formula is C19H22ClNO2S. The van der Waals surface area contributed by atoms with Crippen LogP contribution in [0.2, 0.25) is 5.02 Å². The highest BCUT2D eigenvalue weighted by Gasteiger charge is 2.17. The van der Waals surface area contributed by atoms with Gasteiger partial charge in [0, 0.05) is 9.92 Å². The lowest BCUT2D eigenvalue weighted by molar-refractivity contribution is -0.120. The molecule has 0 aliphatic carbocycles. The maximum Gasteiger partial charge on any atom is 0.233 e. The molecule has 2 aromatic carbocycles. The number of carbonyl (C=O) groups excluding carboxylic acids is 1. The molecule has 3 nitrogen and oxygen atoms in total. The van der Waals surface area contributed by atoms with Crippen molar-refractivity contribution in [2.75, 3.05) is 13.2 Å². The topological polar surface area (TPSA) is 38.3 Å². The summed E-state index contributed by atoms with van der Waals surface area (Å²) in [5.74, 6) is 0.849. The van der Waals surface area contributed by atoms with Gasteiger partial charge in [-0.2, -0.15) is 0 Å². The summed E-state index contributed by atoms with van der Waals surface area (Å²) in [6.07, 6.45) is 0.762. The maximum atomic E-state index is 12.3. The van der Waals surface area contributed by atoms with Gasteiger partial charge >= 0.3 is 0 Å². The van der Waals surface area contributed by atoms with Crippen molar-refractivity contribution in [2.24, 2.45) is 0 Å². The van der Waals surface area contributed by atoms with Crippen LogP contribution in [-0.4, -0.2) is 24.3 Å². The zero-order valence-corrected chi connectivity index (χ0v) is 15.5. The van der Waals surface area contributed by atoms with Crippen molar-refractivity contribution in [1.29, 1.82) is 0 Å². The van der Waals surface area contributed by atoms with Crippen molar-refractivity contribution < 1.29 is 9.53 Å². The minimum absolute atomic E-state index is 0.0324. The van der Waals surface area contributed by atoms with E-state index in [1.54, 1.807) is 11.8 Å². The Hall–Kier alpha value is -1.65. The molecular weight excluding hydrogens is 342 g/mol. The van der Waals surface area contributed by atoms with Gasteiger partial charge in [0.05, 0.1) is 11.8 Å². The van der Waals surface area contributed by atoms with E-state index in [0.717, 1.165) is 17.1 Å². The van der Waals surface area contributed by atoms with Crippen LogP contribution < -0.4 is 10.1 Å². The highest BCUT2D eigenvalue weighted by atomic mass is 35.5. The second kappa shape index (κ2) is 9.60. The Bertz CT molecular complexity index is 643. The third-order valence-corrected chi connectivity index (χ3v) is 5.07. The fraction of sp³-hybridized carbons (Fsp3) is 0.316. The van der Waals surface area contributed by atoms with Gasteiger partial charge in [-0.15, -0.1) is 11.8 Å². The van der Waals surface area contributed by atoms with E-state index >= 15 is 0 Å². The molecule has 1 N–H and O–H groups in total. The van der Waals surface area contributed by atoms with Crippen LogP contribution in [0.3, 0.4) is 0 Å². The molecule has 0 aliphatic rings. The second-order valence-electron chi connectivity index (χ2n) is 5.42. The van der Waals surface area contributed by atoms with Crippen molar-refractivity contribution in [3.63, 3.8) is 0 Å². The molecule has 0 radical (unpaired) electrons. The zero-order chi connectivity index (χ0) is 17.4. The molecule has 1 amide bonds.